The number of imidazole rings is 1. The highest BCUT2D eigenvalue weighted by Crippen LogP contribution is 2.18. The number of hydrogen-bond acceptors (Lipinski definition) is 2. The first-order valence-electron chi connectivity index (χ1n) is 7.62. The quantitative estimate of drug-likeness (QED) is 0.887. The Morgan fingerprint density at radius 2 is 1.67 bits per heavy atom. The highest BCUT2D eigenvalue weighted by atomic mass is 16.1. The van der Waals surface area contributed by atoms with E-state index in [0.717, 1.165) is 6.54 Å². The molecule has 21 heavy (non-hydrogen) atoms. The summed E-state index contributed by atoms with van der Waals surface area (Å²) in [5.74, 6) is 0. The third-order valence-electron chi connectivity index (χ3n) is 3.73. The van der Waals surface area contributed by atoms with Crippen LogP contribution in [0.25, 0.3) is 0 Å². The molecule has 0 aliphatic carbocycles. The summed E-state index contributed by atoms with van der Waals surface area (Å²) in [5.41, 5.74) is 3.81. The number of aromatic nitrogens is 2. The van der Waals surface area contributed by atoms with Gasteiger partial charge in [-0.05, 0) is 32.9 Å². The van der Waals surface area contributed by atoms with E-state index in [1.165, 1.54) is 16.7 Å². The van der Waals surface area contributed by atoms with Gasteiger partial charge in [0.2, 0.25) is 0 Å². The second kappa shape index (κ2) is 6.76. The van der Waals surface area contributed by atoms with Crippen LogP contribution in [0.4, 0.5) is 0 Å². The maximum atomic E-state index is 12.2. The molecule has 1 N–H and O–H groups in total. The van der Waals surface area contributed by atoms with Gasteiger partial charge in [0.15, 0.2) is 0 Å². The Bertz CT molecular complexity index is 634. The zero-order valence-electron chi connectivity index (χ0n) is 13.4. The number of aryl methyl sites for hydroxylation is 3. The Morgan fingerprint density at radius 3 is 2.19 bits per heavy atom. The summed E-state index contributed by atoms with van der Waals surface area (Å²) in [6, 6.07) is 6.72. The van der Waals surface area contributed by atoms with Crippen molar-refractivity contribution in [1.29, 1.82) is 0 Å². The van der Waals surface area contributed by atoms with Crippen molar-refractivity contribution in [2.75, 3.05) is 6.54 Å². The Kier molecular flexibility index (Phi) is 5.02. The number of benzene rings is 1. The van der Waals surface area contributed by atoms with E-state index < -0.39 is 0 Å². The largest absolute Gasteiger partial charge is 0.328 e. The lowest BCUT2D eigenvalue weighted by atomic mass is 10.0. The van der Waals surface area contributed by atoms with Crippen LogP contribution < -0.4 is 11.0 Å². The first-order valence-corrected chi connectivity index (χ1v) is 7.62. The van der Waals surface area contributed by atoms with Crippen molar-refractivity contribution in [1.82, 2.24) is 14.5 Å². The van der Waals surface area contributed by atoms with E-state index in [-0.39, 0.29) is 11.7 Å². The van der Waals surface area contributed by atoms with Crippen LogP contribution in [0.3, 0.4) is 0 Å². The van der Waals surface area contributed by atoms with Gasteiger partial charge in [0, 0.05) is 25.5 Å². The van der Waals surface area contributed by atoms with Crippen LogP contribution >= 0.6 is 0 Å². The van der Waals surface area contributed by atoms with E-state index in [9.17, 15) is 4.79 Å². The minimum atomic E-state index is 0.0600. The SMILES string of the molecule is CCNC(Cn1ccn(CC)c1=O)c1cc(C)cc(C)c1. The molecule has 0 bridgehead atoms. The molecule has 1 unspecified atom stereocenters. The molecule has 114 valence electrons. The van der Waals surface area contributed by atoms with Crippen molar-refractivity contribution < 1.29 is 0 Å². The van der Waals surface area contributed by atoms with Crippen molar-refractivity contribution in [2.24, 2.45) is 0 Å². The molecule has 4 heteroatoms. The average molecular weight is 287 g/mol. The second-order valence-electron chi connectivity index (χ2n) is 5.55. The van der Waals surface area contributed by atoms with E-state index in [1.807, 2.05) is 19.3 Å². The summed E-state index contributed by atoms with van der Waals surface area (Å²) < 4.78 is 3.51. The smallest absolute Gasteiger partial charge is 0.309 e. The third-order valence-corrected chi connectivity index (χ3v) is 3.73. The van der Waals surface area contributed by atoms with Gasteiger partial charge in [0.25, 0.3) is 0 Å². The molecule has 0 aliphatic rings. The van der Waals surface area contributed by atoms with Crippen molar-refractivity contribution in [3.63, 3.8) is 0 Å². The Morgan fingerprint density at radius 1 is 1.05 bits per heavy atom. The van der Waals surface area contributed by atoms with Crippen LogP contribution in [0.15, 0.2) is 35.4 Å². The molecular formula is C17H25N3O. The highest BCUT2D eigenvalue weighted by molar-refractivity contribution is 5.30. The molecule has 1 aromatic heterocycles. The molecule has 2 aromatic rings. The number of nitrogens with one attached hydrogen (secondary N) is 1. The number of likely N-dealkylation sites (N-methyl/N-ethyl adjacent to an activating group) is 1. The van der Waals surface area contributed by atoms with Gasteiger partial charge in [-0.1, -0.05) is 36.2 Å². The van der Waals surface area contributed by atoms with Crippen molar-refractivity contribution >= 4 is 0 Å². The molecule has 0 amide bonds. The fraction of sp³-hybridized carbons (Fsp3) is 0.471. The van der Waals surface area contributed by atoms with Crippen LogP contribution in [0, 0.1) is 13.8 Å². The number of rotatable bonds is 6. The maximum Gasteiger partial charge on any atom is 0.328 e. The minimum absolute atomic E-state index is 0.0600. The van der Waals surface area contributed by atoms with Gasteiger partial charge >= 0.3 is 5.69 Å². The van der Waals surface area contributed by atoms with Crippen molar-refractivity contribution in [3.05, 3.63) is 57.8 Å². The summed E-state index contributed by atoms with van der Waals surface area (Å²) in [6.07, 6.45) is 3.73. The maximum absolute atomic E-state index is 12.2. The first-order chi connectivity index (χ1) is 10.0. The lowest BCUT2D eigenvalue weighted by Gasteiger charge is -2.19. The van der Waals surface area contributed by atoms with Crippen molar-refractivity contribution in [2.45, 2.75) is 46.8 Å². The summed E-state index contributed by atoms with van der Waals surface area (Å²) in [4.78, 5) is 12.2. The molecule has 2 rings (SSSR count). The molecule has 1 atom stereocenters. The average Bonchev–Trinajstić information content (AvgIpc) is 2.78. The standard InChI is InChI=1S/C17H25N3O/c1-5-18-16(15-10-13(3)9-14(4)11-15)12-20-8-7-19(6-2)17(20)21/h7-11,16,18H,5-6,12H2,1-4H3. The summed E-state index contributed by atoms with van der Waals surface area (Å²) in [5, 5.41) is 3.49. The van der Waals surface area contributed by atoms with Gasteiger partial charge in [-0.15, -0.1) is 0 Å². The van der Waals surface area contributed by atoms with Crippen LogP contribution in [-0.2, 0) is 13.1 Å². The van der Waals surface area contributed by atoms with E-state index in [2.05, 4.69) is 44.3 Å². The van der Waals surface area contributed by atoms with Crippen LogP contribution in [-0.4, -0.2) is 15.7 Å². The molecule has 0 saturated carbocycles. The van der Waals surface area contributed by atoms with E-state index >= 15 is 0 Å². The number of nitrogens with zero attached hydrogens (tertiary/aromatic N) is 2. The lowest BCUT2D eigenvalue weighted by molar-refractivity contribution is 0.462. The van der Waals surface area contributed by atoms with Gasteiger partial charge in [-0.25, -0.2) is 4.79 Å². The molecule has 1 heterocycles. The molecule has 1 aromatic carbocycles. The monoisotopic (exact) mass is 287 g/mol. The molecule has 0 radical (unpaired) electrons. The summed E-state index contributed by atoms with van der Waals surface area (Å²) >= 11 is 0. The topological polar surface area (TPSA) is 39.0 Å². The summed E-state index contributed by atoms with van der Waals surface area (Å²) in [6.45, 7) is 10.5. The number of hydrogen-bond donors (Lipinski definition) is 1. The highest BCUT2D eigenvalue weighted by Gasteiger charge is 2.14. The minimum Gasteiger partial charge on any atom is -0.309 e. The van der Waals surface area contributed by atoms with E-state index in [4.69, 9.17) is 0 Å². The van der Waals surface area contributed by atoms with Crippen LogP contribution in [0.5, 0.6) is 0 Å². The van der Waals surface area contributed by atoms with Gasteiger partial charge < -0.3 is 5.32 Å². The normalized spacial score (nSPS) is 12.6. The molecule has 0 fully saturated rings. The molecule has 0 aliphatic heterocycles. The van der Waals surface area contributed by atoms with Gasteiger partial charge in [-0.2, -0.15) is 0 Å². The van der Waals surface area contributed by atoms with Crippen LogP contribution in [0.2, 0.25) is 0 Å². The zero-order chi connectivity index (χ0) is 15.4. The predicted molar refractivity (Wildman–Crippen MR) is 86.7 cm³/mol. The Balaban J connectivity index is 2.30. The lowest BCUT2D eigenvalue weighted by Crippen LogP contribution is -2.31. The molecule has 0 saturated heterocycles. The Hall–Kier alpha value is -1.81. The zero-order valence-corrected chi connectivity index (χ0v) is 13.4. The second-order valence-corrected chi connectivity index (χ2v) is 5.55. The fourth-order valence-electron chi connectivity index (χ4n) is 2.78. The fourth-order valence-corrected chi connectivity index (χ4v) is 2.78. The van der Waals surface area contributed by atoms with Gasteiger partial charge in [0.05, 0.1) is 6.04 Å². The molecule has 0 spiro atoms. The first kappa shape index (κ1) is 15.6. The predicted octanol–water partition coefficient (Wildman–Crippen LogP) is 2.64. The van der Waals surface area contributed by atoms with E-state index in [1.54, 1.807) is 9.13 Å². The van der Waals surface area contributed by atoms with Gasteiger partial charge in [0.1, 0.15) is 0 Å². The van der Waals surface area contributed by atoms with Crippen LogP contribution in [0.1, 0.15) is 36.6 Å². The van der Waals surface area contributed by atoms with Gasteiger partial charge in [-0.3, -0.25) is 9.13 Å². The summed E-state index contributed by atoms with van der Waals surface area (Å²) in [7, 11) is 0. The third kappa shape index (κ3) is 3.64. The van der Waals surface area contributed by atoms with E-state index in [0.29, 0.717) is 13.1 Å². The molecular weight excluding hydrogens is 262 g/mol. The Labute approximate surface area is 126 Å². The molecule has 4 nitrogen and oxygen atoms in total. The van der Waals surface area contributed by atoms with Crippen molar-refractivity contribution in [3.8, 4) is 0 Å².